The van der Waals surface area contributed by atoms with Crippen molar-refractivity contribution < 1.29 is 8.78 Å². The first-order valence-corrected chi connectivity index (χ1v) is 6.48. The van der Waals surface area contributed by atoms with E-state index in [1.54, 1.807) is 0 Å². The lowest BCUT2D eigenvalue weighted by Crippen LogP contribution is -2.12. The van der Waals surface area contributed by atoms with E-state index in [0.717, 1.165) is 11.8 Å². The SMILES string of the molecule is CC(C)C1CSC(Nc2cccc(F)c2F)=N1. The van der Waals surface area contributed by atoms with E-state index in [0.29, 0.717) is 11.1 Å². The number of aliphatic imine (C=N–C) groups is 1. The second kappa shape index (κ2) is 5.04. The predicted molar refractivity (Wildman–Crippen MR) is 68.5 cm³/mol. The number of thioether (sulfide) groups is 1. The molecule has 2 rings (SSSR count). The molecule has 1 atom stereocenters. The van der Waals surface area contributed by atoms with Crippen LogP contribution >= 0.6 is 11.8 Å². The lowest BCUT2D eigenvalue weighted by molar-refractivity contribution is 0.512. The third-order valence-corrected chi connectivity index (χ3v) is 3.63. The highest BCUT2D eigenvalue weighted by molar-refractivity contribution is 8.14. The van der Waals surface area contributed by atoms with Crippen molar-refractivity contribution >= 4 is 22.6 Å². The van der Waals surface area contributed by atoms with Gasteiger partial charge in [0.25, 0.3) is 0 Å². The zero-order valence-electron chi connectivity index (χ0n) is 9.71. The molecule has 1 N–H and O–H groups in total. The molecule has 1 aromatic carbocycles. The van der Waals surface area contributed by atoms with Gasteiger partial charge in [0, 0.05) is 5.75 Å². The number of nitrogens with one attached hydrogen (secondary N) is 1. The molecule has 0 aromatic heterocycles. The van der Waals surface area contributed by atoms with Crippen molar-refractivity contribution in [2.75, 3.05) is 11.1 Å². The summed E-state index contributed by atoms with van der Waals surface area (Å²) in [5, 5.41) is 3.49. The molecule has 1 aliphatic heterocycles. The van der Waals surface area contributed by atoms with Crippen LogP contribution in [0.5, 0.6) is 0 Å². The molecule has 0 saturated heterocycles. The minimum Gasteiger partial charge on any atom is -0.332 e. The van der Waals surface area contributed by atoms with E-state index in [2.05, 4.69) is 24.2 Å². The van der Waals surface area contributed by atoms with Crippen LogP contribution in [0, 0.1) is 17.6 Å². The van der Waals surface area contributed by atoms with Crippen molar-refractivity contribution in [3.05, 3.63) is 29.8 Å². The quantitative estimate of drug-likeness (QED) is 0.875. The second-order valence-corrected chi connectivity index (χ2v) is 5.29. The van der Waals surface area contributed by atoms with Gasteiger partial charge >= 0.3 is 0 Å². The molecule has 5 heteroatoms. The number of hydrogen-bond acceptors (Lipinski definition) is 3. The summed E-state index contributed by atoms with van der Waals surface area (Å²) in [5.74, 6) is -0.362. The minimum absolute atomic E-state index is 0.139. The molecule has 0 aliphatic carbocycles. The number of hydrogen-bond donors (Lipinski definition) is 1. The van der Waals surface area contributed by atoms with Crippen molar-refractivity contribution in [3.63, 3.8) is 0 Å². The van der Waals surface area contributed by atoms with E-state index >= 15 is 0 Å². The number of rotatable bonds is 2. The highest BCUT2D eigenvalue weighted by Crippen LogP contribution is 2.25. The molecule has 1 aliphatic rings. The van der Waals surface area contributed by atoms with Crippen molar-refractivity contribution in [2.45, 2.75) is 19.9 Å². The molecular weight excluding hydrogens is 242 g/mol. The Morgan fingerprint density at radius 1 is 1.41 bits per heavy atom. The highest BCUT2D eigenvalue weighted by atomic mass is 32.2. The third kappa shape index (κ3) is 2.77. The van der Waals surface area contributed by atoms with Crippen LogP contribution < -0.4 is 5.32 Å². The Hall–Kier alpha value is -1.10. The first-order valence-electron chi connectivity index (χ1n) is 5.49. The van der Waals surface area contributed by atoms with Crippen LogP contribution in [0.25, 0.3) is 0 Å². The fourth-order valence-corrected chi connectivity index (χ4v) is 2.70. The molecule has 1 aromatic rings. The van der Waals surface area contributed by atoms with Gasteiger partial charge in [0.05, 0.1) is 11.7 Å². The summed E-state index contributed by atoms with van der Waals surface area (Å²) in [6.45, 7) is 4.20. The first-order chi connectivity index (χ1) is 8.08. The second-order valence-electron chi connectivity index (χ2n) is 4.28. The fourth-order valence-electron chi connectivity index (χ4n) is 1.51. The average Bonchev–Trinajstić information content (AvgIpc) is 2.73. The Balaban J connectivity index is 2.12. The monoisotopic (exact) mass is 256 g/mol. The largest absolute Gasteiger partial charge is 0.332 e. The maximum absolute atomic E-state index is 13.4. The van der Waals surface area contributed by atoms with Crippen molar-refractivity contribution in [2.24, 2.45) is 10.9 Å². The van der Waals surface area contributed by atoms with Crippen LogP contribution in [0.4, 0.5) is 14.5 Å². The first kappa shape index (κ1) is 12.4. The summed E-state index contributed by atoms with van der Waals surface area (Å²) in [4.78, 5) is 4.43. The summed E-state index contributed by atoms with van der Waals surface area (Å²) in [6.07, 6.45) is 0. The van der Waals surface area contributed by atoms with Crippen LogP contribution in [0.15, 0.2) is 23.2 Å². The van der Waals surface area contributed by atoms with E-state index in [9.17, 15) is 8.78 Å². The maximum Gasteiger partial charge on any atom is 0.182 e. The van der Waals surface area contributed by atoms with Gasteiger partial charge in [-0.1, -0.05) is 31.7 Å². The molecule has 1 heterocycles. The summed E-state index contributed by atoms with van der Waals surface area (Å²) in [6, 6.07) is 4.32. The normalized spacial score (nSPS) is 19.6. The van der Waals surface area contributed by atoms with Gasteiger partial charge in [-0.2, -0.15) is 0 Å². The van der Waals surface area contributed by atoms with Crippen LogP contribution in [-0.2, 0) is 0 Å². The number of nitrogens with zero attached hydrogens (tertiary/aromatic N) is 1. The molecular formula is C12H14F2N2S. The van der Waals surface area contributed by atoms with E-state index in [4.69, 9.17) is 0 Å². The summed E-state index contributed by atoms with van der Waals surface area (Å²) in [7, 11) is 0. The van der Waals surface area contributed by atoms with Gasteiger partial charge in [-0.05, 0) is 18.1 Å². The van der Waals surface area contributed by atoms with Crippen LogP contribution in [0.2, 0.25) is 0 Å². The van der Waals surface area contributed by atoms with Crippen LogP contribution in [-0.4, -0.2) is 17.0 Å². The molecule has 92 valence electrons. The van der Waals surface area contributed by atoms with Gasteiger partial charge in [-0.15, -0.1) is 0 Å². The Bertz CT molecular complexity index is 446. The van der Waals surface area contributed by atoms with Crippen molar-refractivity contribution in [3.8, 4) is 0 Å². The minimum atomic E-state index is -0.858. The Morgan fingerprint density at radius 3 is 2.82 bits per heavy atom. The number of halogens is 2. The smallest absolute Gasteiger partial charge is 0.182 e. The summed E-state index contributed by atoms with van der Waals surface area (Å²) < 4.78 is 26.4. The molecule has 0 fully saturated rings. The van der Waals surface area contributed by atoms with Gasteiger partial charge in [-0.3, -0.25) is 4.99 Å². The van der Waals surface area contributed by atoms with Crippen LogP contribution in [0.1, 0.15) is 13.8 Å². The highest BCUT2D eigenvalue weighted by Gasteiger charge is 2.22. The van der Waals surface area contributed by atoms with Crippen LogP contribution in [0.3, 0.4) is 0 Å². The zero-order chi connectivity index (χ0) is 12.4. The fraction of sp³-hybridized carbons (Fsp3) is 0.417. The molecule has 1 unspecified atom stereocenters. The van der Waals surface area contributed by atoms with E-state index < -0.39 is 11.6 Å². The Labute approximate surface area is 104 Å². The van der Waals surface area contributed by atoms with Gasteiger partial charge in [-0.25, -0.2) is 8.78 Å². The average molecular weight is 256 g/mol. The Kier molecular flexibility index (Phi) is 3.66. The van der Waals surface area contributed by atoms with E-state index in [1.807, 2.05) is 0 Å². The van der Waals surface area contributed by atoms with E-state index in [-0.39, 0.29) is 11.7 Å². The van der Waals surface area contributed by atoms with Gasteiger partial charge in [0.15, 0.2) is 16.8 Å². The third-order valence-electron chi connectivity index (χ3n) is 2.64. The molecule has 2 nitrogen and oxygen atoms in total. The molecule has 0 saturated carbocycles. The standard InChI is InChI=1S/C12H14F2N2S/c1-7(2)10-6-17-12(16-10)15-9-5-3-4-8(13)11(9)14/h3-5,7,10H,6H2,1-2H3,(H,15,16). The predicted octanol–water partition coefficient (Wildman–Crippen LogP) is 3.50. The van der Waals surface area contributed by atoms with E-state index in [1.165, 1.54) is 23.9 Å². The van der Waals surface area contributed by atoms with Crippen molar-refractivity contribution in [1.29, 1.82) is 0 Å². The summed E-state index contributed by atoms with van der Waals surface area (Å²) in [5.41, 5.74) is 0.139. The van der Waals surface area contributed by atoms with Gasteiger partial charge in [0.2, 0.25) is 0 Å². The number of benzene rings is 1. The molecule has 17 heavy (non-hydrogen) atoms. The molecule has 0 bridgehead atoms. The maximum atomic E-state index is 13.4. The number of amidine groups is 1. The molecule has 0 amide bonds. The Morgan fingerprint density at radius 2 is 2.18 bits per heavy atom. The topological polar surface area (TPSA) is 24.4 Å². The zero-order valence-corrected chi connectivity index (χ0v) is 10.5. The number of anilines is 1. The van der Waals surface area contributed by atoms with Crippen molar-refractivity contribution in [1.82, 2.24) is 0 Å². The lowest BCUT2D eigenvalue weighted by Gasteiger charge is -2.08. The lowest BCUT2D eigenvalue weighted by atomic mass is 10.1. The van der Waals surface area contributed by atoms with Gasteiger partial charge in [0.1, 0.15) is 0 Å². The summed E-state index contributed by atoms with van der Waals surface area (Å²) >= 11 is 1.54. The van der Waals surface area contributed by atoms with Gasteiger partial charge < -0.3 is 5.32 Å². The molecule has 0 spiro atoms. The molecule has 0 radical (unpaired) electrons.